The van der Waals surface area contributed by atoms with Crippen molar-refractivity contribution in [1.82, 2.24) is 0 Å². The molecule has 2 aliphatic carbocycles. The summed E-state index contributed by atoms with van der Waals surface area (Å²) in [6.45, 7) is 12.5. The van der Waals surface area contributed by atoms with Gasteiger partial charge in [0.05, 0.1) is 25.4 Å². The Morgan fingerprint density at radius 1 is 0.346 bits per heavy atom. The normalized spacial score (nSPS) is 14.5. The molecule has 0 saturated carbocycles. The van der Waals surface area contributed by atoms with Crippen molar-refractivity contribution in [3.63, 3.8) is 0 Å². The number of fused-ring (bicyclic) bond motifs is 6. The molecule has 2 aliphatic heterocycles. The van der Waals surface area contributed by atoms with Gasteiger partial charge in [-0.3, -0.25) is 9.59 Å². The maximum atomic E-state index is 12.3. The number of thioether (sulfide) groups is 10. The highest BCUT2D eigenvalue weighted by Crippen LogP contribution is 2.66. The monoisotopic (exact) mass is 1220 g/mol. The van der Waals surface area contributed by atoms with Crippen LogP contribution in [0.3, 0.4) is 0 Å². The summed E-state index contributed by atoms with van der Waals surface area (Å²) in [4.78, 5) is 26.6. The number of unbranched alkanes of at least 4 members (excludes halogenated alkanes) is 12. The van der Waals surface area contributed by atoms with E-state index >= 15 is 0 Å². The summed E-state index contributed by atoms with van der Waals surface area (Å²) >= 11 is 19.1. The lowest BCUT2D eigenvalue weighted by atomic mass is 9.96. The lowest BCUT2D eigenvalue weighted by molar-refractivity contribution is -0.109. The second-order valence-electron chi connectivity index (χ2n) is 20.2. The molecular weight excluding hydrogens is 1150 g/mol. The predicted octanol–water partition coefficient (Wildman–Crippen LogP) is 24.2. The maximum Gasteiger partial charge on any atom is 0.190 e. The van der Waals surface area contributed by atoms with E-state index in [1.807, 2.05) is 59.2 Å². The number of carbonyl (C=O) groups excluding carboxylic acids is 2. The van der Waals surface area contributed by atoms with Crippen LogP contribution >= 0.6 is 118 Å². The molecule has 2 heterocycles. The standard InChI is InChI=1S/C66H74O2S10/c1-7-11-15-19-33-69-63-64(70-34-20-16-12-8-2)76-61(75-63)59-55-39-47(45-25-23-27-49(37-45)73-43(5)67)29-31-51(55)53-42-58-54(41-57(53)59)52-32-30-48(46-26-24-28-50(38-46)74-44(6)68)40-56(52)60(58)62-77-65(71-35-21-17-13-9-3)66(78-62)72-36-22-18-14-10-4/h23-32,37-42H,7-22,33-36H2,1-6H3. The van der Waals surface area contributed by atoms with Crippen LogP contribution in [-0.2, 0) is 9.59 Å². The number of hydrogen-bond acceptors (Lipinski definition) is 12. The maximum absolute atomic E-state index is 12.3. The third kappa shape index (κ3) is 15.4. The zero-order valence-corrected chi connectivity index (χ0v) is 54.4. The van der Waals surface area contributed by atoms with Crippen molar-refractivity contribution in [2.45, 2.75) is 154 Å². The molecule has 9 rings (SSSR count). The van der Waals surface area contributed by atoms with Gasteiger partial charge in [-0.1, -0.05) is 224 Å². The molecule has 4 aliphatic rings. The Labute approximate surface area is 510 Å². The Bertz CT molecular complexity index is 2850. The summed E-state index contributed by atoms with van der Waals surface area (Å²) in [5.41, 5.74) is 17.8. The van der Waals surface area contributed by atoms with Gasteiger partial charge in [-0.15, -0.1) is 47.0 Å². The molecule has 410 valence electrons. The van der Waals surface area contributed by atoms with E-state index in [-0.39, 0.29) is 10.2 Å². The topological polar surface area (TPSA) is 34.1 Å². The largest absolute Gasteiger partial charge is 0.287 e. The van der Waals surface area contributed by atoms with Gasteiger partial charge in [0.25, 0.3) is 0 Å². The van der Waals surface area contributed by atoms with E-state index in [4.69, 9.17) is 0 Å². The van der Waals surface area contributed by atoms with Crippen molar-refractivity contribution in [3.05, 3.63) is 145 Å². The summed E-state index contributed by atoms with van der Waals surface area (Å²) in [6, 6.07) is 36.5. The van der Waals surface area contributed by atoms with E-state index in [1.165, 1.54) is 218 Å². The molecule has 0 unspecified atom stereocenters. The Balaban J connectivity index is 1.19. The average molecular weight is 1220 g/mol. The van der Waals surface area contributed by atoms with Gasteiger partial charge in [0.2, 0.25) is 0 Å². The number of carbonyl (C=O) groups is 2. The summed E-state index contributed by atoms with van der Waals surface area (Å²) in [6.07, 6.45) is 20.4. The molecule has 0 N–H and O–H groups in total. The molecule has 0 amide bonds. The van der Waals surface area contributed by atoms with Crippen LogP contribution in [0, 0.1) is 0 Å². The first-order chi connectivity index (χ1) is 38.2. The van der Waals surface area contributed by atoms with Crippen LogP contribution in [0.25, 0.3) is 55.7 Å². The molecule has 12 heteroatoms. The Morgan fingerprint density at radius 3 is 0.987 bits per heavy atom. The molecule has 0 fully saturated rings. The molecule has 5 aromatic carbocycles. The van der Waals surface area contributed by atoms with Crippen molar-refractivity contribution in [2.24, 2.45) is 0 Å². The number of hydrogen-bond donors (Lipinski definition) is 0. The molecule has 5 aromatic rings. The summed E-state index contributed by atoms with van der Waals surface area (Å²) in [5, 5.41) is 0.199. The zero-order chi connectivity index (χ0) is 54.4. The third-order valence-electron chi connectivity index (χ3n) is 14.1. The number of rotatable bonds is 28. The van der Waals surface area contributed by atoms with Crippen LogP contribution in [0.1, 0.15) is 167 Å². The molecule has 0 saturated heterocycles. The molecular formula is C66H74O2S10. The fraction of sp³-hybridized carbons (Fsp3) is 0.394. The van der Waals surface area contributed by atoms with Gasteiger partial charge in [-0.25, -0.2) is 0 Å². The highest BCUT2D eigenvalue weighted by atomic mass is 32.3. The quantitative estimate of drug-likeness (QED) is 0.0346. The first-order valence-electron chi connectivity index (χ1n) is 28.4. The van der Waals surface area contributed by atoms with Gasteiger partial charge >= 0.3 is 0 Å². The second-order valence-corrected chi connectivity index (χ2v) is 32.8. The third-order valence-corrected chi connectivity index (χ3v) is 27.1. The summed E-state index contributed by atoms with van der Waals surface area (Å²) < 4.78 is 8.72. The molecule has 78 heavy (non-hydrogen) atoms. The van der Waals surface area contributed by atoms with Gasteiger partial charge in [0.1, 0.15) is 0 Å². The van der Waals surface area contributed by atoms with Crippen LogP contribution in [0.2, 0.25) is 0 Å². The molecule has 0 bridgehead atoms. The first-order valence-corrected chi connectivity index (χ1v) is 37.3. The number of benzene rings is 5. The van der Waals surface area contributed by atoms with Crippen LogP contribution in [0.4, 0.5) is 0 Å². The van der Waals surface area contributed by atoms with E-state index in [2.05, 4.69) is 160 Å². The van der Waals surface area contributed by atoms with E-state index in [0.29, 0.717) is 0 Å². The lowest BCUT2D eigenvalue weighted by Gasteiger charge is -2.12. The van der Waals surface area contributed by atoms with Crippen molar-refractivity contribution in [3.8, 4) is 44.5 Å². The Morgan fingerprint density at radius 2 is 0.667 bits per heavy atom. The second kappa shape index (κ2) is 30.5. The van der Waals surface area contributed by atoms with Crippen LogP contribution in [0.15, 0.2) is 132 Å². The minimum absolute atomic E-state index is 0.0996. The van der Waals surface area contributed by atoms with Gasteiger partial charge in [-0.2, -0.15) is 0 Å². The fourth-order valence-electron chi connectivity index (χ4n) is 10.2. The van der Waals surface area contributed by atoms with Gasteiger partial charge < -0.3 is 0 Å². The average Bonchev–Trinajstić information content (AvgIpc) is 4.21. The molecule has 0 atom stereocenters. The van der Waals surface area contributed by atoms with E-state index in [9.17, 15) is 9.59 Å². The lowest BCUT2D eigenvalue weighted by Crippen LogP contribution is -1.89. The molecule has 0 spiro atoms. The smallest absolute Gasteiger partial charge is 0.190 e. The summed E-state index contributed by atoms with van der Waals surface area (Å²) in [7, 11) is 0. The minimum atomic E-state index is 0.0996. The van der Waals surface area contributed by atoms with Crippen molar-refractivity contribution >= 4 is 139 Å². The summed E-state index contributed by atoms with van der Waals surface area (Å²) in [5.74, 6) is 4.63. The SMILES string of the molecule is CCCCCCSC1=C(SCCCCCC)SC(=C2c3cc(-c4cccc(SC(C)=O)c4)ccc3-c3cc4c(cc32)-c2ccc(-c3cccc(SC(C)=O)c3)cc2C4=C2SC(SCCCCCC)=C(SCCCCCC)S2)S1. The van der Waals surface area contributed by atoms with E-state index in [1.54, 1.807) is 13.8 Å². The Hall–Kier alpha value is -2.10. The molecule has 0 radical (unpaired) electrons. The van der Waals surface area contributed by atoms with Gasteiger partial charge in [0.15, 0.2) is 10.2 Å². The van der Waals surface area contributed by atoms with Crippen LogP contribution < -0.4 is 0 Å². The van der Waals surface area contributed by atoms with E-state index in [0.717, 1.165) is 43.9 Å². The molecule has 2 nitrogen and oxygen atoms in total. The first kappa shape index (κ1) is 60.5. The van der Waals surface area contributed by atoms with Gasteiger partial charge in [0, 0.05) is 34.8 Å². The van der Waals surface area contributed by atoms with Crippen LogP contribution in [-0.4, -0.2) is 33.2 Å². The predicted molar refractivity (Wildman–Crippen MR) is 364 cm³/mol. The Kier molecular flexibility index (Phi) is 23.6. The van der Waals surface area contributed by atoms with Crippen molar-refractivity contribution in [1.29, 1.82) is 0 Å². The highest BCUT2D eigenvalue weighted by molar-refractivity contribution is 8.41. The van der Waals surface area contributed by atoms with Crippen LogP contribution in [0.5, 0.6) is 0 Å². The van der Waals surface area contributed by atoms with Crippen molar-refractivity contribution in [2.75, 3.05) is 23.0 Å². The highest BCUT2D eigenvalue weighted by Gasteiger charge is 2.37. The zero-order valence-electron chi connectivity index (χ0n) is 46.3. The van der Waals surface area contributed by atoms with E-state index < -0.39 is 0 Å². The van der Waals surface area contributed by atoms with Gasteiger partial charge in [-0.05, 0) is 164 Å². The van der Waals surface area contributed by atoms with Crippen molar-refractivity contribution < 1.29 is 9.59 Å². The minimum Gasteiger partial charge on any atom is -0.287 e. The fourth-order valence-corrected chi connectivity index (χ4v) is 23.8. The molecule has 0 aromatic heterocycles.